The van der Waals surface area contributed by atoms with Crippen molar-refractivity contribution in [3.63, 3.8) is 0 Å². The van der Waals surface area contributed by atoms with Crippen LogP contribution in [0.3, 0.4) is 0 Å². The summed E-state index contributed by atoms with van der Waals surface area (Å²) in [5.41, 5.74) is 0.605. The molecule has 0 atom stereocenters. The second kappa shape index (κ2) is 11.5. The molecule has 1 amide bonds. The molecule has 0 aliphatic heterocycles. The molecule has 1 aliphatic rings. The minimum atomic E-state index is -4.58. The SMILES string of the molecule is Cc1cc(Nc2nccc(C(F)(F)F)n2)cc(-c2cnc([C@]3(O)CC[C@H](C(=O)NCc4ccccc4O)CC3)s2)c1. The van der Waals surface area contributed by atoms with E-state index < -0.39 is 17.5 Å². The Labute approximate surface area is 238 Å². The summed E-state index contributed by atoms with van der Waals surface area (Å²) in [7, 11) is 0. The molecule has 5 rings (SSSR count). The van der Waals surface area contributed by atoms with Gasteiger partial charge in [-0.1, -0.05) is 24.3 Å². The maximum atomic E-state index is 13.0. The van der Waals surface area contributed by atoms with Crippen molar-refractivity contribution >= 4 is 28.9 Å². The predicted octanol–water partition coefficient (Wildman–Crippen LogP) is 6.07. The van der Waals surface area contributed by atoms with Crippen LogP contribution >= 0.6 is 11.3 Å². The smallest absolute Gasteiger partial charge is 0.433 e. The highest BCUT2D eigenvalue weighted by Crippen LogP contribution is 2.43. The lowest BCUT2D eigenvalue weighted by Gasteiger charge is -2.33. The number of aryl methyl sites for hydroxylation is 1. The lowest BCUT2D eigenvalue weighted by Crippen LogP contribution is -2.38. The van der Waals surface area contributed by atoms with Crippen molar-refractivity contribution in [3.8, 4) is 16.2 Å². The zero-order valence-electron chi connectivity index (χ0n) is 22.1. The van der Waals surface area contributed by atoms with Gasteiger partial charge >= 0.3 is 6.18 Å². The van der Waals surface area contributed by atoms with E-state index in [0.717, 1.165) is 28.3 Å². The van der Waals surface area contributed by atoms with E-state index in [9.17, 15) is 28.2 Å². The fraction of sp³-hybridized carbons (Fsp3) is 0.310. The Hall–Kier alpha value is -4.03. The van der Waals surface area contributed by atoms with Gasteiger partial charge in [-0.2, -0.15) is 13.2 Å². The van der Waals surface area contributed by atoms with Crippen LogP contribution in [-0.4, -0.2) is 31.1 Å². The van der Waals surface area contributed by atoms with Crippen molar-refractivity contribution in [2.45, 2.75) is 50.9 Å². The van der Waals surface area contributed by atoms with Gasteiger partial charge in [-0.3, -0.25) is 4.79 Å². The van der Waals surface area contributed by atoms with Gasteiger partial charge in [0.25, 0.3) is 0 Å². The predicted molar refractivity (Wildman–Crippen MR) is 148 cm³/mol. The molecule has 2 heterocycles. The second-order valence-corrected chi connectivity index (χ2v) is 11.2. The summed E-state index contributed by atoms with van der Waals surface area (Å²) in [6.07, 6.45) is -0.114. The van der Waals surface area contributed by atoms with Gasteiger partial charge in [0, 0.05) is 36.1 Å². The number of carbonyl (C=O) groups excluding carboxylic acids is 1. The van der Waals surface area contributed by atoms with Crippen LogP contribution in [0.1, 0.15) is 47.5 Å². The zero-order chi connectivity index (χ0) is 29.2. The number of anilines is 2. The number of benzene rings is 2. The van der Waals surface area contributed by atoms with E-state index in [1.807, 2.05) is 13.0 Å². The molecule has 8 nitrogen and oxygen atoms in total. The molecule has 0 saturated heterocycles. The van der Waals surface area contributed by atoms with Crippen LogP contribution < -0.4 is 10.6 Å². The number of nitrogens with zero attached hydrogens (tertiary/aromatic N) is 3. The Morgan fingerprint density at radius 3 is 2.61 bits per heavy atom. The molecule has 0 radical (unpaired) electrons. The third kappa shape index (κ3) is 6.66. The lowest BCUT2D eigenvalue weighted by atomic mass is 9.78. The van der Waals surface area contributed by atoms with Gasteiger partial charge in [0.15, 0.2) is 0 Å². The number of phenols is 1. The van der Waals surface area contributed by atoms with Crippen molar-refractivity contribution in [2.75, 3.05) is 5.32 Å². The lowest BCUT2D eigenvalue weighted by molar-refractivity contribution is -0.141. The van der Waals surface area contributed by atoms with Crippen LogP contribution in [0.15, 0.2) is 60.9 Å². The number of para-hydroxylation sites is 1. The van der Waals surface area contributed by atoms with Gasteiger partial charge in [0.1, 0.15) is 22.1 Å². The number of alkyl halides is 3. The third-order valence-corrected chi connectivity index (χ3v) is 8.34. The third-order valence-electron chi connectivity index (χ3n) is 7.10. The fourth-order valence-corrected chi connectivity index (χ4v) is 5.93. The normalized spacial score (nSPS) is 19.1. The minimum absolute atomic E-state index is 0.111. The molecule has 41 heavy (non-hydrogen) atoms. The van der Waals surface area contributed by atoms with Crippen LogP contribution in [0.25, 0.3) is 10.4 Å². The number of carbonyl (C=O) groups is 1. The maximum absolute atomic E-state index is 13.0. The van der Waals surface area contributed by atoms with Gasteiger partial charge in [0.2, 0.25) is 11.9 Å². The van der Waals surface area contributed by atoms with Crippen LogP contribution in [-0.2, 0) is 23.1 Å². The molecule has 4 N–H and O–H groups in total. The van der Waals surface area contributed by atoms with E-state index in [1.165, 1.54) is 11.3 Å². The van der Waals surface area contributed by atoms with Crippen molar-refractivity contribution < 1.29 is 28.2 Å². The molecule has 1 fully saturated rings. The first kappa shape index (κ1) is 28.5. The Balaban J connectivity index is 1.24. The number of amides is 1. The molecule has 12 heteroatoms. The molecule has 1 saturated carbocycles. The van der Waals surface area contributed by atoms with Crippen molar-refractivity contribution in [1.82, 2.24) is 20.3 Å². The van der Waals surface area contributed by atoms with E-state index in [0.29, 0.717) is 41.9 Å². The molecule has 0 unspecified atom stereocenters. The summed E-state index contributed by atoms with van der Waals surface area (Å²) >= 11 is 1.34. The number of phenolic OH excluding ortho intramolecular Hbond substituents is 1. The number of aromatic nitrogens is 3. The number of rotatable bonds is 7. The molecule has 0 bridgehead atoms. The number of halogens is 3. The summed E-state index contributed by atoms with van der Waals surface area (Å²) in [6.45, 7) is 2.10. The summed E-state index contributed by atoms with van der Waals surface area (Å²) in [4.78, 5) is 25.5. The van der Waals surface area contributed by atoms with Gasteiger partial charge in [-0.05, 0) is 68.0 Å². The zero-order valence-corrected chi connectivity index (χ0v) is 22.9. The average molecular weight is 584 g/mol. The number of aromatic hydroxyl groups is 1. The van der Waals surface area contributed by atoms with E-state index >= 15 is 0 Å². The first-order valence-corrected chi connectivity index (χ1v) is 13.8. The first-order valence-electron chi connectivity index (χ1n) is 13.0. The summed E-state index contributed by atoms with van der Waals surface area (Å²) in [5, 5.41) is 27.6. The second-order valence-electron chi connectivity index (χ2n) is 10.2. The molecule has 2 aromatic heterocycles. The topological polar surface area (TPSA) is 120 Å². The quantitative estimate of drug-likeness (QED) is 0.208. The Morgan fingerprint density at radius 1 is 1.12 bits per heavy atom. The highest BCUT2D eigenvalue weighted by atomic mass is 32.1. The Morgan fingerprint density at radius 2 is 1.88 bits per heavy atom. The van der Waals surface area contributed by atoms with Crippen molar-refractivity contribution in [3.05, 3.63) is 82.8 Å². The largest absolute Gasteiger partial charge is 0.508 e. The molecule has 0 spiro atoms. The number of thiazole rings is 1. The molecule has 214 valence electrons. The fourth-order valence-electron chi connectivity index (χ4n) is 4.88. The van der Waals surface area contributed by atoms with Crippen molar-refractivity contribution in [1.29, 1.82) is 0 Å². The van der Waals surface area contributed by atoms with E-state index in [-0.39, 0.29) is 30.1 Å². The monoisotopic (exact) mass is 583 g/mol. The standard InChI is InChI=1S/C29H28F3N5O3S/c1-17-12-20(14-21(13-17)36-27-33-11-8-24(37-27)29(30,31)32)23-16-35-26(41-23)28(40)9-6-18(7-10-28)25(39)34-15-19-4-2-3-5-22(19)38/h2-5,8,11-14,16,18,38,40H,6-7,9-10,15H2,1H3,(H,34,39)(H,33,36,37)/t18-,28-. The maximum Gasteiger partial charge on any atom is 0.433 e. The van der Waals surface area contributed by atoms with Gasteiger partial charge < -0.3 is 20.8 Å². The Kier molecular flexibility index (Phi) is 7.96. The number of hydrogen-bond acceptors (Lipinski definition) is 8. The van der Waals surface area contributed by atoms with E-state index in [4.69, 9.17) is 0 Å². The average Bonchev–Trinajstić information content (AvgIpc) is 3.44. The number of nitrogens with one attached hydrogen (secondary N) is 2. The highest BCUT2D eigenvalue weighted by Gasteiger charge is 2.39. The number of aliphatic hydroxyl groups is 1. The number of hydrogen-bond donors (Lipinski definition) is 4. The van der Waals surface area contributed by atoms with Gasteiger partial charge in [0.05, 0.1) is 4.88 Å². The Bertz CT molecular complexity index is 1550. The van der Waals surface area contributed by atoms with Crippen LogP contribution in [0.4, 0.5) is 24.8 Å². The summed E-state index contributed by atoms with van der Waals surface area (Å²) < 4.78 is 39.1. The molecule has 1 aliphatic carbocycles. The van der Waals surface area contributed by atoms with Crippen molar-refractivity contribution in [2.24, 2.45) is 5.92 Å². The van der Waals surface area contributed by atoms with E-state index in [1.54, 1.807) is 42.6 Å². The minimum Gasteiger partial charge on any atom is -0.508 e. The molecular formula is C29H28F3N5O3S. The van der Waals surface area contributed by atoms with Crippen LogP contribution in [0, 0.1) is 12.8 Å². The van der Waals surface area contributed by atoms with Gasteiger partial charge in [-0.25, -0.2) is 15.0 Å². The molecule has 2 aromatic carbocycles. The summed E-state index contributed by atoms with van der Waals surface area (Å²) in [6, 6.07) is 13.1. The van der Waals surface area contributed by atoms with Crippen LogP contribution in [0.5, 0.6) is 5.75 Å². The first-order chi connectivity index (χ1) is 19.5. The van der Waals surface area contributed by atoms with Gasteiger partial charge in [-0.15, -0.1) is 11.3 Å². The van der Waals surface area contributed by atoms with Crippen LogP contribution in [0.2, 0.25) is 0 Å². The highest BCUT2D eigenvalue weighted by molar-refractivity contribution is 7.15. The summed E-state index contributed by atoms with van der Waals surface area (Å²) in [5.74, 6) is -0.397. The van der Waals surface area contributed by atoms with E-state index in [2.05, 4.69) is 25.6 Å². The molecule has 4 aromatic rings. The molecular weight excluding hydrogens is 555 g/mol.